The highest BCUT2D eigenvalue weighted by Crippen LogP contribution is 2.40. The average Bonchev–Trinajstić information content (AvgIpc) is 3.84. The third-order valence-corrected chi connectivity index (χ3v) is 13.0. The Labute approximate surface area is 355 Å². The minimum absolute atomic E-state index is 0.0625. The highest BCUT2D eigenvalue weighted by atomic mass is 35.5. The molecular weight excluding hydrogens is 808 g/mol. The minimum Gasteiger partial charge on any atom is -0.340 e. The number of nitrogens with zero attached hydrogens (tertiary/aromatic N) is 7. The predicted molar refractivity (Wildman–Crippen MR) is 224 cm³/mol. The third kappa shape index (κ3) is 8.20. The Morgan fingerprint density at radius 3 is 2.40 bits per heavy atom. The van der Waals surface area contributed by atoms with Crippen molar-refractivity contribution in [2.45, 2.75) is 84.3 Å². The molecule has 6 amide bonds. The van der Waals surface area contributed by atoms with E-state index in [0.29, 0.717) is 66.7 Å². The van der Waals surface area contributed by atoms with Gasteiger partial charge in [0, 0.05) is 89.8 Å². The van der Waals surface area contributed by atoms with Crippen LogP contribution >= 0.6 is 22.9 Å². The Morgan fingerprint density at radius 2 is 1.67 bits per heavy atom. The van der Waals surface area contributed by atoms with Gasteiger partial charge in [0.05, 0.1) is 12.1 Å². The van der Waals surface area contributed by atoms with Crippen LogP contribution in [0.15, 0.2) is 47.5 Å². The molecule has 16 nitrogen and oxygen atoms in total. The lowest BCUT2D eigenvalue weighted by Crippen LogP contribution is -2.54. The molecule has 0 saturated carbocycles. The van der Waals surface area contributed by atoms with Crippen molar-refractivity contribution >= 4 is 69.8 Å². The van der Waals surface area contributed by atoms with Crippen LogP contribution in [0.5, 0.6) is 0 Å². The van der Waals surface area contributed by atoms with Crippen LogP contribution in [0.2, 0.25) is 5.02 Å². The molecule has 4 aliphatic heterocycles. The van der Waals surface area contributed by atoms with Crippen LogP contribution < -0.4 is 16.1 Å². The zero-order valence-electron chi connectivity index (χ0n) is 33.5. The molecule has 18 heteroatoms. The molecule has 2 fully saturated rings. The molecule has 0 spiro atoms. The number of unbranched alkanes of at least 4 members (excludes halogenated alkanes) is 1. The monoisotopic (exact) mass is 852 g/mol. The third-order valence-electron chi connectivity index (χ3n) is 11.6. The molecule has 2 saturated heterocycles. The van der Waals surface area contributed by atoms with Crippen molar-refractivity contribution in [3.05, 3.63) is 91.8 Å². The first-order valence-corrected chi connectivity index (χ1v) is 21.3. The van der Waals surface area contributed by atoms with Crippen molar-refractivity contribution in [2.75, 3.05) is 31.5 Å². The highest BCUT2D eigenvalue weighted by Gasteiger charge is 2.40. The van der Waals surface area contributed by atoms with Gasteiger partial charge in [-0.2, -0.15) is 0 Å². The maximum Gasteiger partial charge on any atom is 0.255 e. The van der Waals surface area contributed by atoms with Crippen molar-refractivity contribution in [3.63, 3.8) is 0 Å². The maximum atomic E-state index is 13.9. The van der Waals surface area contributed by atoms with E-state index in [9.17, 15) is 28.8 Å². The van der Waals surface area contributed by atoms with E-state index in [4.69, 9.17) is 16.6 Å². The van der Waals surface area contributed by atoms with Gasteiger partial charge in [-0.3, -0.25) is 49.1 Å². The molecule has 2 aromatic carbocycles. The number of halogens is 1. The Morgan fingerprint density at radius 1 is 0.933 bits per heavy atom. The maximum absolute atomic E-state index is 13.9. The van der Waals surface area contributed by atoms with E-state index >= 15 is 0 Å². The summed E-state index contributed by atoms with van der Waals surface area (Å²) in [6.45, 7) is 8.01. The number of amides is 6. The van der Waals surface area contributed by atoms with Crippen LogP contribution in [-0.4, -0.2) is 103 Å². The fourth-order valence-electron chi connectivity index (χ4n) is 8.21. The fourth-order valence-corrected chi connectivity index (χ4v) is 9.55. The zero-order valence-corrected chi connectivity index (χ0v) is 35.1. The summed E-state index contributed by atoms with van der Waals surface area (Å²) >= 11 is 7.91. The standard InChI is InChI=1S/C42H45ClN10O6S/c1-23-24(2)60-42-37(23)38(26-11-13-27(43)14-12-26)45-31(39-48-47-25(3)53(39)42)21-36(57)50-17-19-51(20-18-50)49-35(56)10-5-4-9-33(54)44-30-8-6-7-28-29(30)22-52(41(28)59)32-15-16-34(55)46-40(32)58/h6-8,11-14,31-32H,4-5,9-10,15-22H2,1-3H3,(H,44,54)(H,49,56)(H,46,55,58)/t31-,32?/m0/s1. The smallest absolute Gasteiger partial charge is 0.255 e. The van der Waals surface area contributed by atoms with E-state index in [1.807, 2.05) is 40.8 Å². The molecule has 0 aliphatic carbocycles. The van der Waals surface area contributed by atoms with Gasteiger partial charge in [-0.05, 0) is 69.9 Å². The molecule has 6 heterocycles. The van der Waals surface area contributed by atoms with Crippen molar-refractivity contribution < 1.29 is 28.8 Å². The van der Waals surface area contributed by atoms with Gasteiger partial charge in [-0.1, -0.05) is 29.8 Å². The predicted octanol–water partition coefficient (Wildman–Crippen LogP) is 4.33. The summed E-state index contributed by atoms with van der Waals surface area (Å²) in [7, 11) is 0. The number of fused-ring (bicyclic) bond motifs is 4. The quantitative estimate of drug-likeness (QED) is 0.146. The number of anilines is 1. The van der Waals surface area contributed by atoms with Crippen LogP contribution in [0.4, 0.5) is 5.69 Å². The number of piperazine rings is 1. The largest absolute Gasteiger partial charge is 0.340 e. The molecule has 8 rings (SSSR count). The lowest BCUT2D eigenvalue weighted by Gasteiger charge is -2.35. The van der Waals surface area contributed by atoms with Gasteiger partial charge >= 0.3 is 0 Å². The van der Waals surface area contributed by atoms with E-state index in [0.717, 1.165) is 33.2 Å². The molecule has 4 aliphatic rings. The second-order valence-electron chi connectivity index (χ2n) is 15.5. The number of rotatable bonds is 11. The number of hydrazine groups is 1. The first-order chi connectivity index (χ1) is 28.9. The van der Waals surface area contributed by atoms with Crippen molar-refractivity contribution in [1.29, 1.82) is 0 Å². The van der Waals surface area contributed by atoms with Crippen molar-refractivity contribution in [3.8, 4) is 5.00 Å². The van der Waals surface area contributed by atoms with Gasteiger partial charge in [0.25, 0.3) is 5.91 Å². The molecule has 0 radical (unpaired) electrons. The first kappa shape index (κ1) is 41.0. The normalized spacial score (nSPS) is 18.9. The van der Waals surface area contributed by atoms with Gasteiger partial charge < -0.3 is 15.1 Å². The summed E-state index contributed by atoms with van der Waals surface area (Å²) in [6, 6.07) is 11.3. The number of aryl methyl sites for hydroxylation is 2. The number of aliphatic imine (C=N–C) groups is 1. The molecule has 60 heavy (non-hydrogen) atoms. The van der Waals surface area contributed by atoms with Crippen LogP contribution in [0, 0.1) is 20.8 Å². The van der Waals surface area contributed by atoms with Gasteiger partial charge in [0.2, 0.25) is 29.5 Å². The second kappa shape index (κ2) is 17.1. The number of hydrogen-bond acceptors (Lipinski definition) is 11. The number of hydrogen-bond donors (Lipinski definition) is 3. The SMILES string of the molecule is Cc1sc2c(c1C)C(c1ccc(Cl)cc1)=N[C@@H](CC(=O)N1CCN(NC(=O)CCCCC(=O)Nc3cccc4c3CN(C3CCC(=O)NC3=O)C4=O)CC1)c1nnc(C)n1-2. The van der Waals surface area contributed by atoms with E-state index < -0.39 is 18.0 Å². The lowest BCUT2D eigenvalue weighted by atomic mass is 9.99. The fraction of sp³-hybridized carbons (Fsp3) is 0.405. The summed E-state index contributed by atoms with van der Waals surface area (Å²) in [5.41, 5.74) is 8.30. The Kier molecular flexibility index (Phi) is 11.7. The summed E-state index contributed by atoms with van der Waals surface area (Å²) in [4.78, 5) is 86.4. The minimum atomic E-state index is -0.746. The van der Waals surface area contributed by atoms with E-state index in [1.54, 1.807) is 34.4 Å². The van der Waals surface area contributed by atoms with Crippen LogP contribution in [0.3, 0.4) is 0 Å². The molecular formula is C42H45ClN10O6S. The van der Waals surface area contributed by atoms with Crippen molar-refractivity contribution in [2.24, 2.45) is 4.99 Å². The Balaban J connectivity index is 0.808. The molecule has 3 N–H and O–H groups in total. The lowest BCUT2D eigenvalue weighted by molar-refractivity contribution is -0.137. The second-order valence-corrected chi connectivity index (χ2v) is 17.1. The Bertz CT molecular complexity index is 2440. The number of carbonyl (C=O) groups excluding carboxylic acids is 6. The average molecular weight is 853 g/mol. The number of thiophene rings is 1. The summed E-state index contributed by atoms with van der Waals surface area (Å²) in [6.07, 6.45) is 1.88. The van der Waals surface area contributed by atoms with E-state index in [-0.39, 0.29) is 68.2 Å². The molecule has 2 aromatic heterocycles. The van der Waals surface area contributed by atoms with Gasteiger partial charge in [-0.25, -0.2) is 5.01 Å². The Hall–Kier alpha value is -5.78. The molecule has 2 atom stereocenters. The summed E-state index contributed by atoms with van der Waals surface area (Å²) in [5.74, 6) is -0.297. The number of benzene rings is 2. The van der Waals surface area contributed by atoms with E-state index in [1.165, 1.54) is 9.78 Å². The number of aromatic nitrogens is 3. The first-order valence-electron chi connectivity index (χ1n) is 20.1. The molecule has 4 aromatic rings. The summed E-state index contributed by atoms with van der Waals surface area (Å²) in [5, 5.41) is 17.5. The van der Waals surface area contributed by atoms with E-state index in [2.05, 4.69) is 40.1 Å². The number of imide groups is 1. The molecule has 312 valence electrons. The van der Waals surface area contributed by atoms with Gasteiger partial charge in [0.1, 0.15) is 22.9 Å². The highest BCUT2D eigenvalue weighted by molar-refractivity contribution is 7.15. The van der Waals surface area contributed by atoms with Crippen molar-refractivity contribution in [1.82, 2.24) is 40.3 Å². The number of carbonyl (C=O) groups is 6. The van der Waals surface area contributed by atoms with Gasteiger partial charge in [0.15, 0.2) is 5.82 Å². The van der Waals surface area contributed by atoms with Crippen LogP contribution in [0.25, 0.3) is 5.00 Å². The summed E-state index contributed by atoms with van der Waals surface area (Å²) < 4.78 is 2.03. The number of piperidine rings is 1. The molecule has 0 bridgehead atoms. The zero-order chi connectivity index (χ0) is 42.2. The van der Waals surface area contributed by atoms with Gasteiger partial charge in [-0.15, -0.1) is 21.5 Å². The van der Waals surface area contributed by atoms with Crippen LogP contribution in [0.1, 0.15) is 100 Å². The van der Waals surface area contributed by atoms with Crippen LogP contribution in [-0.2, 0) is 30.5 Å². The number of nitrogens with one attached hydrogen (secondary N) is 3. The molecule has 1 unspecified atom stereocenters. The topological polar surface area (TPSA) is 191 Å².